The zero-order chi connectivity index (χ0) is 15.1. The topological polar surface area (TPSA) is 50.4 Å². The number of carbonyl (C=O) groups excluding carboxylic acids is 1. The van der Waals surface area contributed by atoms with Gasteiger partial charge >= 0.3 is 0 Å². The van der Waals surface area contributed by atoms with E-state index in [4.69, 9.17) is 4.74 Å². The van der Waals surface area contributed by atoms with Crippen LogP contribution >= 0.6 is 0 Å². The average molecular weight is 290 g/mol. The molecule has 2 N–H and O–H groups in total. The zero-order valence-electron chi connectivity index (χ0n) is 13.0. The second-order valence-electron chi connectivity index (χ2n) is 6.11. The number of hydrogen-bond donors (Lipinski definition) is 2. The molecule has 1 amide bonds. The first-order valence-corrected chi connectivity index (χ1v) is 7.89. The minimum Gasteiger partial charge on any atom is -0.493 e. The normalized spacial score (nSPS) is 18.0. The van der Waals surface area contributed by atoms with Crippen LogP contribution in [0.2, 0.25) is 0 Å². The predicted molar refractivity (Wildman–Crippen MR) is 85.7 cm³/mol. The summed E-state index contributed by atoms with van der Waals surface area (Å²) in [6.07, 6.45) is 3.89. The minimum atomic E-state index is 0.0738. The molecule has 1 aromatic carbocycles. The summed E-state index contributed by atoms with van der Waals surface area (Å²) in [7, 11) is 0. The summed E-state index contributed by atoms with van der Waals surface area (Å²) in [5.41, 5.74) is 0.806. The molecular weight excluding hydrogens is 264 g/mol. The smallest absolute Gasteiger partial charge is 0.224 e. The van der Waals surface area contributed by atoms with Crippen molar-refractivity contribution in [1.29, 1.82) is 0 Å². The first-order valence-electron chi connectivity index (χ1n) is 7.89. The Morgan fingerprint density at radius 1 is 1.48 bits per heavy atom. The Labute approximate surface area is 127 Å². The molecule has 1 heterocycles. The Morgan fingerprint density at radius 3 is 3.05 bits per heavy atom. The SMILES string of the molecule is CC(C)COc1cccc(NC(=O)CCC2CCCN2)c1. The molecule has 1 atom stereocenters. The van der Waals surface area contributed by atoms with E-state index in [1.54, 1.807) is 0 Å². The van der Waals surface area contributed by atoms with Crippen LogP contribution in [0.25, 0.3) is 0 Å². The molecule has 0 spiro atoms. The Morgan fingerprint density at radius 2 is 2.33 bits per heavy atom. The molecular formula is C17H26N2O2. The van der Waals surface area contributed by atoms with Gasteiger partial charge in [0.2, 0.25) is 5.91 Å². The molecule has 1 fully saturated rings. The number of hydrogen-bond acceptors (Lipinski definition) is 3. The molecule has 0 radical (unpaired) electrons. The number of anilines is 1. The Hall–Kier alpha value is -1.55. The van der Waals surface area contributed by atoms with Crippen molar-refractivity contribution in [2.75, 3.05) is 18.5 Å². The van der Waals surface area contributed by atoms with Crippen LogP contribution < -0.4 is 15.4 Å². The highest BCUT2D eigenvalue weighted by atomic mass is 16.5. The van der Waals surface area contributed by atoms with Crippen molar-refractivity contribution >= 4 is 11.6 Å². The van der Waals surface area contributed by atoms with Crippen molar-refractivity contribution in [3.05, 3.63) is 24.3 Å². The van der Waals surface area contributed by atoms with Gasteiger partial charge in [0.15, 0.2) is 0 Å². The van der Waals surface area contributed by atoms with Crippen molar-refractivity contribution in [3.63, 3.8) is 0 Å². The largest absolute Gasteiger partial charge is 0.493 e. The summed E-state index contributed by atoms with van der Waals surface area (Å²) >= 11 is 0. The summed E-state index contributed by atoms with van der Waals surface area (Å²) in [4.78, 5) is 12.0. The van der Waals surface area contributed by atoms with Crippen molar-refractivity contribution in [2.24, 2.45) is 5.92 Å². The van der Waals surface area contributed by atoms with Crippen molar-refractivity contribution in [1.82, 2.24) is 5.32 Å². The standard InChI is InChI=1S/C17H26N2O2/c1-13(2)12-21-16-7-3-5-15(11-16)19-17(20)9-8-14-6-4-10-18-14/h3,5,7,11,13-14,18H,4,6,8-10,12H2,1-2H3,(H,19,20). The van der Waals surface area contributed by atoms with Crippen LogP contribution in [-0.4, -0.2) is 25.1 Å². The fraction of sp³-hybridized carbons (Fsp3) is 0.588. The highest BCUT2D eigenvalue weighted by molar-refractivity contribution is 5.90. The molecule has 116 valence electrons. The molecule has 1 aromatic rings. The summed E-state index contributed by atoms with van der Waals surface area (Å²) in [5.74, 6) is 1.37. The Kier molecular flexibility index (Phi) is 6.05. The lowest BCUT2D eigenvalue weighted by molar-refractivity contribution is -0.116. The van der Waals surface area contributed by atoms with Gasteiger partial charge in [-0.05, 0) is 43.9 Å². The lowest BCUT2D eigenvalue weighted by atomic mass is 10.1. The monoisotopic (exact) mass is 290 g/mol. The van der Waals surface area contributed by atoms with Gasteiger partial charge in [0.25, 0.3) is 0 Å². The van der Waals surface area contributed by atoms with E-state index < -0.39 is 0 Å². The number of nitrogens with one attached hydrogen (secondary N) is 2. The van der Waals surface area contributed by atoms with Crippen LogP contribution in [0.1, 0.15) is 39.5 Å². The molecule has 0 bridgehead atoms. The summed E-state index contributed by atoms with van der Waals surface area (Å²) in [6, 6.07) is 8.11. The summed E-state index contributed by atoms with van der Waals surface area (Å²) in [5, 5.41) is 6.36. The van der Waals surface area contributed by atoms with Crippen LogP contribution in [0.15, 0.2) is 24.3 Å². The van der Waals surface area contributed by atoms with Crippen LogP contribution in [0.5, 0.6) is 5.75 Å². The Bertz CT molecular complexity index is 454. The van der Waals surface area contributed by atoms with E-state index >= 15 is 0 Å². The van der Waals surface area contributed by atoms with E-state index in [-0.39, 0.29) is 5.91 Å². The van der Waals surface area contributed by atoms with Gasteiger partial charge < -0.3 is 15.4 Å². The van der Waals surface area contributed by atoms with Gasteiger partial charge in [-0.2, -0.15) is 0 Å². The lowest BCUT2D eigenvalue weighted by Gasteiger charge is -2.12. The fourth-order valence-electron chi connectivity index (χ4n) is 2.46. The quantitative estimate of drug-likeness (QED) is 0.811. The fourth-order valence-corrected chi connectivity index (χ4v) is 2.46. The van der Waals surface area contributed by atoms with Crippen molar-refractivity contribution < 1.29 is 9.53 Å². The molecule has 0 aromatic heterocycles. The molecule has 1 saturated heterocycles. The van der Waals surface area contributed by atoms with E-state index in [1.807, 2.05) is 24.3 Å². The van der Waals surface area contributed by atoms with Gasteiger partial charge in [0, 0.05) is 24.2 Å². The van der Waals surface area contributed by atoms with Gasteiger partial charge in [0.1, 0.15) is 5.75 Å². The van der Waals surface area contributed by atoms with Gasteiger partial charge in [-0.15, -0.1) is 0 Å². The first-order chi connectivity index (χ1) is 10.1. The van der Waals surface area contributed by atoms with E-state index in [2.05, 4.69) is 24.5 Å². The summed E-state index contributed by atoms with van der Waals surface area (Å²) < 4.78 is 5.67. The van der Waals surface area contributed by atoms with E-state index in [0.717, 1.165) is 24.4 Å². The molecule has 1 aliphatic rings. The van der Waals surface area contributed by atoms with E-state index in [9.17, 15) is 4.79 Å². The Balaban J connectivity index is 1.78. The molecule has 4 nitrogen and oxygen atoms in total. The maximum atomic E-state index is 12.0. The molecule has 0 saturated carbocycles. The lowest BCUT2D eigenvalue weighted by Crippen LogP contribution is -2.23. The third kappa shape index (κ3) is 5.76. The maximum absolute atomic E-state index is 12.0. The van der Waals surface area contributed by atoms with Crippen molar-refractivity contribution in [2.45, 2.75) is 45.6 Å². The maximum Gasteiger partial charge on any atom is 0.224 e. The van der Waals surface area contributed by atoms with Gasteiger partial charge in [0.05, 0.1) is 6.61 Å². The van der Waals surface area contributed by atoms with Crippen LogP contribution in [0.4, 0.5) is 5.69 Å². The zero-order valence-corrected chi connectivity index (χ0v) is 13.0. The second kappa shape index (κ2) is 8.03. The van der Waals surface area contributed by atoms with Crippen LogP contribution in [0.3, 0.4) is 0 Å². The molecule has 4 heteroatoms. The average Bonchev–Trinajstić information content (AvgIpc) is 2.97. The molecule has 0 aliphatic carbocycles. The number of rotatable bonds is 7. The highest BCUT2D eigenvalue weighted by Crippen LogP contribution is 2.19. The highest BCUT2D eigenvalue weighted by Gasteiger charge is 2.15. The van der Waals surface area contributed by atoms with E-state index in [1.165, 1.54) is 12.8 Å². The van der Waals surface area contributed by atoms with Gasteiger partial charge in [-0.25, -0.2) is 0 Å². The summed E-state index contributed by atoms with van der Waals surface area (Å²) in [6.45, 7) is 6.00. The number of ether oxygens (including phenoxy) is 1. The number of benzene rings is 1. The molecule has 21 heavy (non-hydrogen) atoms. The second-order valence-corrected chi connectivity index (χ2v) is 6.11. The van der Waals surface area contributed by atoms with Gasteiger partial charge in [-0.3, -0.25) is 4.79 Å². The first kappa shape index (κ1) is 15.8. The molecule has 1 aliphatic heterocycles. The van der Waals surface area contributed by atoms with Crippen LogP contribution in [-0.2, 0) is 4.79 Å². The molecule has 2 rings (SSSR count). The molecule has 1 unspecified atom stereocenters. The van der Waals surface area contributed by atoms with Gasteiger partial charge in [-0.1, -0.05) is 19.9 Å². The predicted octanol–water partition coefficient (Wildman–Crippen LogP) is 3.19. The van der Waals surface area contributed by atoms with Crippen molar-refractivity contribution in [3.8, 4) is 5.75 Å². The van der Waals surface area contributed by atoms with E-state index in [0.29, 0.717) is 25.0 Å². The minimum absolute atomic E-state index is 0.0738. The van der Waals surface area contributed by atoms with Crippen LogP contribution in [0, 0.1) is 5.92 Å². The third-order valence-electron chi connectivity index (χ3n) is 3.58. The number of carbonyl (C=O) groups is 1. The number of amides is 1. The third-order valence-corrected chi connectivity index (χ3v) is 3.58.